The van der Waals surface area contributed by atoms with Crippen LogP contribution in [0.3, 0.4) is 0 Å². The van der Waals surface area contributed by atoms with Gasteiger partial charge in [-0.2, -0.15) is 8.42 Å². The zero-order valence-electron chi connectivity index (χ0n) is 13.0. The van der Waals surface area contributed by atoms with Crippen molar-refractivity contribution in [1.29, 1.82) is 0 Å². The van der Waals surface area contributed by atoms with E-state index in [1.165, 1.54) is 0 Å². The minimum Gasteiger partial charge on any atom is -0.456 e. The summed E-state index contributed by atoms with van der Waals surface area (Å²) < 4.78 is 39.5. The molecule has 0 aliphatic heterocycles. The predicted octanol–water partition coefficient (Wildman–Crippen LogP) is 1.17. The molecule has 0 fully saturated rings. The molecule has 0 aromatic carbocycles. The fourth-order valence-corrected chi connectivity index (χ4v) is 2.32. The molecule has 0 amide bonds. The molecule has 0 aliphatic carbocycles. The van der Waals surface area contributed by atoms with E-state index in [1.54, 1.807) is 6.92 Å². The Bertz CT molecular complexity index is 442. The van der Waals surface area contributed by atoms with Crippen LogP contribution in [0.15, 0.2) is 12.2 Å². The molecule has 0 atom stereocenters. The fourth-order valence-electron chi connectivity index (χ4n) is 1.99. The number of ether oxygens (including phenoxy) is 1. The number of carbonyl (C=O) groups is 1. The maximum atomic E-state index is 11.3. The number of nitrogens with zero attached hydrogens (tertiary/aromatic N) is 1. The molecule has 0 saturated carbocycles. The fraction of sp³-hybridized carbons (Fsp3) is 0.769. The van der Waals surface area contributed by atoms with Crippen molar-refractivity contribution < 1.29 is 31.2 Å². The van der Waals surface area contributed by atoms with Gasteiger partial charge in [0.05, 0.1) is 26.2 Å². The number of rotatable bonds is 11. The van der Waals surface area contributed by atoms with Crippen molar-refractivity contribution in [2.24, 2.45) is 0 Å². The summed E-state index contributed by atoms with van der Waals surface area (Å²) in [6.07, 6.45) is 0.482. The SMILES string of the molecule is C=C(C)C(=O)OCC[N+](CC)(CC)CCCOS(=O)(=O)O. The smallest absolute Gasteiger partial charge is 0.397 e. The van der Waals surface area contributed by atoms with E-state index in [-0.39, 0.29) is 13.2 Å². The predicted molar refractivity (Wildman–Crippen MR) is 79.0 cm³/mol. The molecule has 0 aliphatic rings. The van der Waals surface area contributed by atoms with Crippen LogP contribution < -0.4 is 0 Å². The maximum Gasteiger partial charge on any atom is 0.397 e. The van der Waals surface area contributed by atoms with Gasteiger partial charge in [-0.1, -0.05) is 6.58 Å². The average molecular weight is 324 g/mol. The minimum absolute atomic E-state index is 0.0651. The topological polar surface area (TPSA) is 89.9 Å². The average Bonchev–Trinajstić information content (AvgIpc) is 2.40. The molecule has 0 aromatic rings. The van der Waals surface area contributed by atoms with Crippen LogP contribution in [0.25, 0.3) is 0 Å². The number of likely N-dealkylation sites (N-methyl/N-ethyl adjacent to an activating group) is 1. The van der Waals surface area contributed by atoms with E-state index < -0.39 is 16.4 Å². The van der Waals surface area contributed by atoms with Crippen molar-refractivity contribution in [2.75, 3.05) is 39.4 Å². The lowest BCUT2D eigenvalue weighted by atomic mass is 10.3. The first-order valence-corrected chi connectivity index (χ1v) is 8.32. The Hall–Kier alpha value is -0.960. The third-order valence-electron chi connectivity index (χ3n) is 3.50. The maximum absolute atomic E-state index is 11.3. The highest BCUT2D eigenvalue weighted by atomic mass is 32.3. The lowest BCUT2D eigenvalue weighted by Crippen LogP contribution is -2.50. The highest BCUT2D eigenvalue weighted by Crippen LogP contribution is 2.09. The summed E-state index contributed by atoms with van der Waals surface area (Å²) in [5, 5.41) is 0. The van der Waals surface area contributed by atoms with E-state index in [4.69, 9.17) is 9.29 Å². The Kier molecular flexibility index (Phi) is 8.72. The molecule has 8 heteroatoms. The zero-order chi connectivity index (χ0) is 16.5. The third-order valence-corrected chi connectivity index (χ3v) is 3.96. The second kappa shape index (κ2) is 9.14. The van der Waals surface area contributed by atoms with Gasteiger partial charge < -0.3 is 9.22 Å². The van der Waals surface area contributed by atoms with Gasteiger partial charge in [0.2, 0.25) is 0 Å². The summed E-state index contributed by atoms with van der Waals surface area (Å²) in [6.45, 7) is 12.3. The van der Waals surface area contributed by atoms with Gasteiger partial charge in [0.15, 0.2) is 0 Å². The minimum atomic E-state index is -4.38. The Morgan fingerprint density at radius 1 is 1.19 bits per heavy atom. The van der Waals surface area contributed by atoms with Crippen molar-refractivity contribution in [3.8, 4) is 0 Å². The van der Waals surface area contributed by atoms with Gasteiger partial charge in [-0.25, -0.2) is 8.98 Å². The summed E-state index contributed by atoms with van der Waals surface area (Å²) in [7, 11) is -4.38. The lowest BCUT2D eigenvalue weighted by molar-refractivity contribution is -0.925. The van der Waals surface area contributed by atoms with E-state index in [0.29, 0.717) is 29.6 Å². The van der Waals surface area contributed by atoms with Gasteiger partial charge in [-0.15, -0.1) is 0 Å². The first-order valence-electron chi connectivity index (χ1n) is 6.95. The summed E-state index contributed by atoms with van der Waals surface area (Å²) in [4.78, 5) is 11.3. The van der Waals surface area contributed by atoms with E-state index >= 15 is 0 Å². The standard InChI is InChI=1S/C13H25NO6S/c1-5-14(6-2,8-7-10-20-21(16,17)18)9-11-19-13(15)12(3)4/h3,5-11H2,1-2,4H3/p+1. The molecule has 124 valence electrons. The van der Waals surface area contributed by atoms with Gasteiger partial charge in [-0.3, -0.25) is 4.55 Å². The highest BCUT2D eigenvalue weighted by molar-refractivity contribution is 7.80. The number of hydrogen-bond donors (Lipinski definition) is 1. The number of carbonyl (C=O) groups excluding carboxylic acids is 1. The molecule has 7 nitrogen and oxygen atoms in total. The molecule has 0 aromatic heterocycles. The molecule has 0 saturated heterocycles. The van der Waals surface area contributed by atoms with Crippen molar-refractivity contribution >= 4 is 16.4 Å². The molecule has 0 rings (SSSR count). The summed E-state index contributed by atoms with van der Waals surface area (Å²) in [5.74, 6) is -0.407. The van der Waals surface area contributed by atoms with Crippen LogP contribution in [0.4, 0.5) is 0 Å². The summed E-state index contributed by atoms with van der Waals surface area (Å²) in [5.41, 5.74) is 0.364. The van der Waals surface area contributed by atoms with Crippen LogP contribution in [-0.4, -0.2) is 62.8 Å². The van der Waals surface area contributed by atoms with Crippen molar-refractivity contribution in [1.82, 2.24) is 0 Å². The Morgan fingerprint density at radius 3 is 2.19 bits per heavy atom. The highest BCUT2D eigenvalue weighted by Gasteiger charge is 2.23. The number of hydrogen-bond acceptors (Lipinski definition) is 5. The van der Waals surface area contributed by atoms with Crippen LogP contribution in [0.1, 0.15) is 27.2 Å². The van der Waals surface area contributed by atoms with Crippen LogP contribution in [-0.2, 0) is 24.1 Å². The second-order valence-electron chi connectivity index (χ2n) is 4.94. The Labute approximate surface area is 127 Å². The summed E-state index contributed by atoms with van der Waals surface area (Å²) >= 11 is 0. The van der Waals surface area contributed by atoms with Crippen LogP contribution in [0.2, 0.25) is 0 Å². The van der Waals surface area contributed by atoms with Crippen molar-refractivity contribution in [3.63, 3.8) is 0 Å². The van der Waals surface area contributed by atoms with E-state index in [9.17, 15) is 13.2 Å². The van der Waals surface area contributed by atoms with Crippen LogP contribution in [0, 0.1) is 0 Å². The zero-order valence-corrected chi connectivity index (χ0v) is 13.8. The number of quaternary nitrogens is 1. The molecule has 0 bridgehead atoms. The second-order valence-corrected chi connectivity index (χ2v) is 6.03. The lowest BCUT2D eigenvalue weighted by Gasteiger charge is -2.36. The molecular weight excluding hydrogens is 298 g/mol. The Balaban J connectivity index is 4.29. The first kappa shape index (κ1) is 20.0. The molecule has 0 unspecified atom stereocenters. The Morgan fingerprint density at radius 2 is 1.76 bits per heavy atom. The van der Waals surface area contributed by atoms with Crippen LogP contribution >= 0.6 is 0 Å². The van der Waals surface area contributed by atoms with Crippen molar-refractivity contribution in [2.45, 2.75) is 27.2 Å². The third kappa shape index (κ3) is 8.82. The largest absolute Gasteiger partial charge is 0.456 e. The van der Waals surface area contributed by atoms with Gasteiger partial charge in [0, 0.05) is 12.0 Å². The molecular formula is C13H26NO6S+. The molecule has 0 spiro atoms. The van der Waals surface area contributed by atoms with E-state index in [0.717, 1.165) is 13.1 Å². The molecule has 1 N–H and O–H groups in total. The van der Waals surface area contributed by atoms with E-state index in [2.05, 4.69) is 10.8 Å². The van der Waals surface area contributed by atoms with Gasteiger partial charge in [-0.05, 0) is 20.8 Å². The normalized spacial score (nSPS) is 12.2. The quantitative estimate of drug-likeness (QED) is 0.202. The van der Waals surface area contributed by atoms with Crippen molar-refractivity contribution in [3.05, 3.63) is 12.2 Å². The van der Waals surface area contributed by atoms with Gasteiger partial charge >= 0.3 is 16.4 Å². The summed E-state index contributed by atoms with van der Waals surface area (Å²) in [6, 6.07) is 0. The number of esters is 1. The van der Waals surface area contributed by atoms with Gasteiger partial charge in [0.25, 0.3) is 0 Å². The molecule has 0 radical (unpaired) electrons. The molecule has 21 heavy (non-hydrogen) atoms. The first-order chi connectivity index (χ1) is 9.66. The van der Waals surface area contributed by atoms with E-state index in [1.807, 2.05) is 13.8 Å². The monoisotopic (exact) mass is 324 g/mol. The molecule has 0 heterocycles. The van der Waals surface area contributed by atoms with Gasteiger partial charge in [0.1, 0.15) is 13.2 Å². The van der Waals surface area contributed by atoms with Crippen LogP contribution in [0.5, 0.6) is 0 Å².